The van der Waals surface area contributed by atoms with Crippen LogP contribution in [0.1, 0.15) is 21.7 Å². The monoisotopic (exact) mass is 272 g/mol. The number of carbonyl (C=O) groups is 1. The van der Waals surface area contributed by atoms with Crippen molar-refractivity contribution in [3.05, 3.63) is 45.3 Å². The van der Waals surface area contributed by atoms with Crippen LogP contribution in [0.2, 0.25) is 0 Å². The summed E-state index contributed by atoms with van der Waals surface area (Å²) >= 11 is 0. The van der Waals surface area contributed by atoms with Crippen molar-refractivity contribution in [2.45, 2.75) is 13.1 Å². The zero-order valence-corrected chi connectivity index (χ0v) is 9.54. The zero-order chi connectivity index (χ0) is 14.4. The van der Waals surface area contributed by atoms with Gasteiger partial charge in [-0.25, -0.2) is 4.79 Å². The van der Waals surface area contributed by atoms with E-state index in [4.69, 9.17) is 5.11 Å². The average Bonchev–Trinajstić information content (AvgIpc) is 2.31. The Hall–Kier alpha value is -2.31. The third-order valence-electron chi connectivity index (χ3n) is 2.63. The van der Waals surface area contributed by atoms with Gasteiger partial charge in [-0.15, -0.1) is 0 Å². The minimum Gasteiger partial charge on any atom is -0.478 e. The molecule has 7 heteroatoms. The Balaban J connectivity index is 2.99. The molecule has 0 saturated carbocycles. The van der Waals surface area contributed by atoms with Gasteiger partial charge in [-0.05, 0) is 19.1 Å². The first kappa shape index (κ1) is 13.1. The SMILES string of the molecule is Cc1c(C(F)(F)F)oc2c(C(=O)O)cccc2c1=O. The van der Waals surface area contributed by atoms with Crippen LogP contribution in [0.25, 0.3) is 11.0 Å². The third kappa shape index (κ3) is 2.07. The minimum atomic E-state index is -4.86. The smallest absolute Gasteiger partial charge is 0.449 e. The van der Waals surface area contributed by atoms with Crippen molar-refractivity contribution in [1.29, 1.82) is 0 Å². The molecule has 100 valence electrons. The highest BCUT2D eigenvalue weighted by Crippen LogP contribution is 2.33. The van der Waals surface area contributed by atoms with E-state index in [0.717, 1.165) is 13.0 Å². The van der Waals surface area contributed by atoms with Crippen LogP contribution >= 0.6 is 0 Å². The number of para-hydroxylation sites is 1. The molecular weight excluding hydrogens is 265 g/mol. The van der Waals surface area contributed by atoms with Gasteiger partial charge in [0.1, 0.15) is 5.56 Å². The van der Waals surface area contributed by atoms with Crippen molar-refractivity contribution in [2.24, 2.45) is 0 Å². The van der Waals surface area contributed by atoms with E-state index >= 15 is 0 Å². The van der Waals surface area contributed by atoms with Gasteiger partial charge in [-0.2, -0.15) is 13.2 Å². The molecule has 0 saturated heterocycles. The molecule has 19 heavy (non-hydrogen) atoms. The van der Waals surface area contributed by atoms with Gasteiger partial charge in [0.15, 0.2) is 11.0 Å². The molecule has 2 rings (SSSR count). The molecule has 0 atom stereocenters. The Bertz CT molecular complexity index is 728. The maximum atomic E-state index is 12.7. The predicted octanol–water partition coefficient (Wildman–Crippen LogP) is 2.82. The van der Waals surface area contributed by atoms with Crippen LogP contribution in [0.3, 0.4) is 0 Å². The van der Waals surface area contributed by atoms with Crippen LogP contribution in [0.4, 0.5) is 13.2 Å². The quantitative estimate of drug-likeness (QED) is 0.866. The lowest BCUT2D eigenvalue weighted by atomic mass is 10.1. The van der Waals surface area contributed by atoms with Crippen molar-refractivity contribution < 1.29 is 27.5 Å². The lowest BCUT2D eigenvalue weighted by Gasteiger charge is -2.10. The van der Waals surface area contributed by atoms with E-state index < -0.39 is 40.0 Å². The molecule has 0 bridgehead atoms. The Labute approximate surface area is 104 Å². The number of carboxylic acid groups (broad SMARTS) is 1. The zero-order valence-electron chi connectivity index (χ0n) is 9.54. The summed E-state index contributed by atoms with van der Waals surface area (Å²) in [6, 6.07) is 3.57. The molecule has 0 aliphatic heterocycles. The fourth-order valence-corrected chi connectivity index (χ4v) is 1.75. The molecule has 0 spiro atoms. The Kier molecular flexibility index (Phi) is 2.84. The average molecular weight is 272 g/mol. The van der Waals surface area contributed by atoms with Crippen LogP contribution in [-0.2, 0) is 6.18 Å². The second kappa shape index (κ2) is 4.11. The van der Waals surface area contributed by atoms with E-state index in [1.54, 1.807) is 0 Å². The van der Waals surface area contributed by atoms with Crippen molar-refractivity contribution >= 4 is 16.9 Å². The molecule has 0 radical (unpaired) electrons. The molecule has 0 fully saturated rings. The van der Waals surface area contributed by atoms with Crippen LogP contribution in [-0.4, -0.2) is 11.1 Å². The van der Waals surface area contributed by atoms with Crippen molar-refractivity contribution in [3.8, 4) is 0 Å². The highest BCUT2D eigenvalue weighted by molar-refractivity contribution is 6.00. The van der Waals surface area contributed by atoms with Crippen LogP contribution in [0, 0.1) is 6.92 Å². The van der Waals surface area contributed by atoms with Crippen molar-refractivity contribution in [1.82, 2.24) is 0 Å². The molecule has 0 unspecified atom stereocenters. The Morgan fingerprint density at radius 3 is 2.47 bits per heavy atom. The number of benzene rings is 1. The number of alkyl halides is 3. The van der Waals surface area contributed by atoms with Gasteiger partial charge in [-0.1, -0.05) is 6.07 Å². The van der Waals surface area contributed by atoms with E-state index in [1.165, 1.54) is 12.1 Å². The van der Waals surface area contributed by atoms with Gasteiger partial charge in [0.2, 0.25) is 5.76 Å². The second-order valence-corrected chi connectivity index (χ2v) is 3.87. The van der Waals surface area contributed by atoms with Gasteiger partial charge in [0.25, 0.3) is 0 Å². The molecule has 1 heterocycles. The summed E-state index contributed by atoms with van der Waals surface area (Å²) in [6.07, 6.45) is -4.86. The van der Waals surface area contributed by atoms with Gasteiger partial charge in [0, 0.05) is 5.56 Å². The number of fused-ring (bicyclic) bond motifs is 1. The molecule has 0 amide bonds. The third-order valence-corrected chi connectivity index (χ3v) is 2.63. The van der Waals surface area contributed by atoms with Gasteiger partial charge in [-0.3, -0.25) is 4.79 Å². The summed E-state index contributed by atoms with van der Waals surface area (Å²) in [6.45, 7) is 0.988. The van der Waals surface area contributed by atoms with E-state index in [0.29, 0.717) is 0 Å². The molecule has 0 aliphatic carbocycles. The normalized spacial score (nSPS) is 11.8. The summed E-state index contributed by atoms with van der Waals surface area (Å²) in [4.78, 5) is 22.7. The topological polar surface area (TPSA) is 67.5 Å². The highest BCUT2D eigenvalue weighted by atomic mass is 19.4. The fraction of sp³-hybridized carbons (Fsp3) is 0.167. The molecular formula is C12H7F3O4. The summed E-state index contributed by atoms with van der Waals surface area (Å²) in [7, 11) is 0. The molecule has 1 N–H and O–H groups in total. The van der Waals surface area contributed by atoms with Crippen LogP contribution in [0.15, 0.2) is 27.4 Å². The van der Waals surface area contributed by atoms with E-state index in [2.05, 4.69) is 4.42 Å². The number of hydrogen-bond acceptors (Lipinski definition) is 3. The summed E-state index contributed by atoms with van der Waals surface area (Å²) in [5.74, 6) is -2.94. The first-order valence-electron chi connectivity index (χ1n) is 5.10. The van der Waals surface area contributed by atoms with E-state index in [-0.39, 0.29) is 5.39 Å². The first-order valence-corrected chi connectivity index (χ1v) is 5.10. The maximum Gasteiger partial charge on any atom is 0.449 e. The Morgan fingerprint density at radius 1 is 1.32 bits per heavy atom. The first-order chi connectivity index (χ1) is 8.73. The minimum absolute atomic E-state index is 0.189. The highest BCUT2D eigenvalue weighted by Gasteiger charge is 2.38. The Morgan fingerprint density at radius 2 is 1.95 bits per heavy atom. The largest absolute Gasteiger partial charge is 0.478 e. The second-order valence-electron chi connectivity index (χ2n) is 3.87. The number of aromatic carboxylic acids is 1. The van der Waals surface area contributed by atoms with Gasteiger partial charge >= 0.3 is 12.1 Å². The standard InChI is InChI=1S/C12H7F3O4/c1-5-8(16)6-3-2-4-7(11(17)18)9(6)19-10(5)12(13,14)15/h2-4H,1H3,(H,17,18). The maximum absolute atomic E-state index is 12.7. The number of hydrogen-bond donors (Lipinski definition) is 1. The molecule has 1 aromatic carbocycles. The van der Waals surface area contributed by atoms with Crippen molar-refractivity contribution in [3.63, 3.8) is 0 Å². The van der Waals surface area contributed by atoms with Gasteiger partial charge in [0.05, 0.1) is 5.39 Å². The van der Waals surface area contributed by atoms with Crippen LogP contribution in [0.5, 0.6) is 0 Å². The number of halogens is 3. The summed E-state index contributed by atoms with van der Waals surface area (Å²) in [5.41, 5.74) is -2.54. The molecule has 4 nitrogen and oxygen atoms in total. The fourth-order valence-electron chi connectivity index (χ4n) is 1.75. The molecule has 2 aromatic rings. The van der Waals surface area contributed by atoms with Crippen molar-refractivity contribution in [2.75, 3.05) is 0 Å². The lowest BCUT2D eigenvalue weighted by Crippen LogP contribution is -2.17. The lowest BCUT2D eigenvalue weighted by molar-refractivity contribution is -0.153. The molecule has 0 aliphatic rings. The van der Waals surface area contributed by atoms with Gasteiger partial charge < -0.3 is 9.52 Å². The summed E-state index contributed by atoms with van der Waals surface area (Å²) < 4.78 is 42.8. The summed E-state index contributed by atoms with van der Waals surface area (Å²) in [5, 5.41) is 8.70. The number of rotatable bonds is 1. The van der Waals surface area contributed by atoms with Crippen LogP contribution < -0.4 is 5.43 Å². The predicted molar refractivity (Wildman–Crippen MR) is 59.2 cm³/mol. The van der Waals surface area contributed by atoms with E-state index in [1.807, 2.05) is 0 Å². The number of carboxylic acids is 1. The van der Waals surface area contributed by atoms with E-state index in [9.17, 15) is 22.8 Å². The molecule has 1 aromatic heterocycles.